The van der Waals surface area contributed by atoms with Gasteiger partial charge in [0.15, 0.2) is 0 Å². The Hall–Kier alpha value is -2.90. The summed E-state index contributed by atoms with van der Waals surface area (Å²) >= 11 is 0. The van der Waals surface area contributed by atoms with E-state index >= 15 is 0 Å². The van der Waals surface area contributed by atoms with Crippen LogP contribution in [0.4, 0.5) is 4.79 Å². The van der Waals surface area contributed by atoms with Crippen molar-refractivity contribution in [1.82, 2.24) is 10.2 Å². The van der Waals surface area contributed by atoms with Crippen molar-refractivity contribution < 1.29 is 23.9 Å². The number of esters is 1. The highest BCUT2D eigenvalue weighted by Gasteiger charge is 2.33. The van der Waals surface area contributed by atoms with Gasteiger partial charge in [0.25, 0.3) is 0 Å². The van der Waals surface area contributed by atoms with Crippen LogP contribution in [0, 0.1) is 0 Å². The van der Waals surface area contributed by atoms with Crippen molar-refractivity contribution in [2.45, 2.75) is 32.1 Å². The average Bonchev–Trinajstić information content (AvgIpc) is 2.77. The number of hydrogen-bond donors (Lipinski definition) is 1. The minimum Gasteiger partial charge on any atom is -0.461 e. The van der Waals surface area contributed by atoms with Crippen molar-refractivity contribution in [3.8, 4) is 0 Å². The highest BCUT2D eigenvalue weighted by molar-refractivity contribution is 5.95. The van der Waals surface area contributed by atoms with Crippen LogP contribution in [0.3, 0.4) is 0 Å². The molecule has 3 rings (SSSR count). The van der Waals surface area contributed by atoms with Gasteiger partial charge in [-0.2, -0.15) is 0 Å². The summed E-state index contributed by atoms with van der Waals surface area (Å²) in [6, 6.07) is 18.0. The normalized spacial score (nSPS) is 15.8. The molecule has 0 aliphatic carbocycles. The van der Waals surface area contributed by atoms with Crippen LogP contribution in [-0.2, 0) is 32.3 Å². The van der Waals surface area contributed by atoms with Crippen molar-refractivity contribution in [2.75, 3.05) is 13.1 Å². The quantitative estimate of drug-likeness (QED) is 0.677. The van der Waals surface area contributed by atoms with E-state index in [4.69, 9.17) is 9.47 Å². The topological polar surface area (TPSA) is 84.9 Å². The molecular weight excluding hydrogens is 408 g/mol. The number of piperazine rings is 1. The highest BCUT2D eigenvalue weighted by Crippen LogP contribution is 2.12. The zero-order valence-electron chi connectivity index (χ0n) is 16.5. The molecule has 1 saturated heterocycles. The molecule has 1 heterocycles. The Bertz CT molecular complexity index is 832. The Morgan fingerprint density at radius 1 is 0.933 bits per heavy atom. The fourth-order valence-electron chi connectivity index (χ4n) is 3.01. The Balaban J connectivity index is 0.00000320. The lowest BCUT2D eigenvalue weighted by molar-refractivity contribution is -0.145. The number of amides is 2. The molecule has 0 spiro atoms. The molecule has 0 radical (unpaired) electrons. The first kappa shape index (κ1) is 23.4. The van der Waals surface area contributed by atoms with Crippen LogP contribution in [0.2, 0.25) is 0 Å². The second kappa shape index (κ2) is 11.9. The van der Waals surface area contributed by atoms with Gasteiger partial charge in [-0.3, -0.25) is 9.59 Å². The van der Waals surface area contributed by atoms with Crippen LogP contribution < -0.4 is 5.32 Å². The molecule has 7 nitrogen and oxygen atoms in total. The first-order chi connectivity index (χ1) is 14.1. The van der Waals surface area contributed by atoms with Gasteiger partial charge in [0.05, 0.1) is 6.04 Å². The van der Waals surface area contributed by atoms with Crippen LogP contribution in [0.15, 0.2) is 60.7 Å². The predicted octanol–water partition coefficient (Wildman–Crippen LogP) is 3.07. The number of rotatable bonds is 7. The summed E-state index contributed by atoms with van der Waals surface area (Å²) < 4.78 is 10.5. The molecular formula is C22H25ClN2O5. The van der Waals surface area contributed by atoms with E-state index in [0.717, 1.165) is 16.0 Å². The fraction of sp³-hybridized carbons (Fsp3) is 0.318. The number of halogens is 1. The predicted molar refractivity (Wildman–Crippen MR) is 113 cm³/mol. The maximum absolute atomic E-state index is 12.6. The Morgan fingerprint density at radius 2 is 1.50 bits per heavy atom. The first-order valence-electron chi connectivity index (χ1n) is 9.58. The number of benzene rings is 2. The third-order valence-corrected chi connectivity index (χ3v) is 4.60. The van der Waals surface area contributed by atoms with Crippen LogP contribution in [0.25, 0.3) is 0 Å². The van der Waals surface area contributed by atoms with Gasteiger partial charge in [0, 0.05) is 19.5 Å². The molecule has 8 heteroatoms. The van der Waals surface area contributed by atoms with Gasteiger partial charge in [0.2, 0.25) is 5.91 Å². The van der Waals surface area contributed by atoms with Crippen molar-refractivity contribution in [1.29, 1.82) is 0 Å². The van der Waals surface area contributed by atoms with Crippen molar-refractivity contribution >= 4 is 30.4 Å². The number of hydrogen-bond acceptors (Lipinski definition) is 6. The molecule has 1 aliphatic rings. The lowest BCUT2D eigenvalue weighted by Crippen LogP contribution is -2.57. The lowest BCUT2D eigenvalue weighted by atomic mass is 10.1. The molecule has 0 bridgehead atoms. The summed E-state index contributed by atoms with van der Waals surface area (Å²) in [5.74, 6) is -0.766. The van der Waals surface area contributed by atoms with Crippen molar-refractivity contribution in [3.05, 3.63) is 71.8 Å². The van der Waals surface area contributed by atoms with E-state index in [1.807, 2.05) is 60.7 Å². The van der Waals surface area contributed by atoms with Crippen LogP contribution >= 0.6 is 12.4 Å². The van der Waals surface area contributed by atoms with Gasteiger partial charge in [0.1, 0.15) is 13.2 Å². The molecule has 2 amide bonds. The van der Waals surface area contributed by atoms with Crippen LogP contribution in [-0.4, -0.2) is 42.0 Å². The molecule has 1 fully saturated rings. The van der Waals surface area contributed by atoms with E-state index in [-0.39, 0.29) is 56.9 Å². The summed E-state index contributed by atoms with van der Waals surface area (Å²) in [6.07, 6.45) is -0.324. The van der Waals surface area contributed by atoms with Crippen LogP contribution in [0.1, 0.15) is 24.0 Å². The Morgan fingerprint density at radius 3 is 2.10 bits per heavy atom. The number of nitrogens with one attached hydrogen (secondary N) is 1. The molecule has 2 aromatic rings. The highest BCUT2D eigenvalue weighted by atomic mass is 35.5. The molecule has 1 atom stereocenters. The molecule has 0 aromatic heterocycles. The van der Waals surface area contributed by atoms with Crippen molar-refractivity contribution in [3.63, 3.8) is 0 Å². The second-order valence-corrected chi connectivity index (χ2v) is 6.72. The number of carbonyl (C=O) groups is 3. The van der Waals surface area contributed by atoms with Gasteiger partial charge < -0.3 is 14.8 Å². The van der Waals surface area contributed by atoms with Gasteiger partial charge >= 0.3 is 12.1 Å². The standard InChI is InChI=1S/C22H24N2O5.ClH/c25-20(28-15-17-7-3-1-4-8-17)12-11-19-21(26)24(14-13-23-19)22(27)29-16-18-9-5-2-6-10-18;/h1-10,19,23H,11-16H2;1H/t19-;/m0./s1. The summed E-state index contributed by atoms with van der Waals surface area (Å²) in [5.41, 5.74) is 1.75. The summed E-state index contributed by atoms with van der Waals surface area (Å²) in [7, 11) is 0. The number of ether oxygens (including phenoxy) is 2. The molecule has 0 saturated carbocycles. The fourth-order valence-corrected chi connectivity index (χ4v) is 3.01. The van der Waals surface area contributed by atoms with Gasteiger partial charge in [-0.25, -0.2) is 9.69 Å². The van der Waals surface area contributed by atoms with Gasteiger partial charge in [-0.05, 0) is 17.5 Å². The summed E-state index contributed by atoms with van der Waals surface area (Å²) in [5, 5.41) is 3.05. The third kappa shape index (κ3) is 6.86. The zero-order valence-corrected chi connectivity index (χ0v) is 17.3. The van der Waals surface area contributed by atoms with E-state index in [2.05, 4.69) is 5.32 Å². The zero-order chi connectivity index (χ0) is 20.5. The summed E-state index contributed by atoms with van der Waals surface area (Å²) in [4.78, 5) is 37.9. The van der Waals surface area contributed by atoms with E-state index in [1.54, 1.807) is 0 Å². The number of carbonyl (C=O) groups excluding carboxylic acids is 3. The Kier molecular flexibility index (Phi) is 9.31. The largest absolute Gasteiger partial charge is 0.461 e. The first-order valence-corrected chi connectivity index (χ1v) is 9.58. The smallest absolute Gasteiger partial charge is 0.416 e. The van der Waals surface area contributed by atoms with Gasteiger partial charge in [-0.15, -0.1) is 12.4 Å². The monoisotopic (exact) mass is 432 g/mol. The molecule has 0 unspecified atom stereocenters. The second-order valence-electron chi connectivity index (χ2n) is 6.72. The molecule has 30 heavy (non-hydrogen) atoms. The van der Waals surface area contributed by atoms with E-state index < -0.39 is 12.1 Å². The third-order valence-electron chi connectivity index (χ3n) is 4.60. The maximum atomic E-state index is 12.6. The number of imide groups is 1. The van der Waals surface area contributed by atoms with Crippen molar-refractivity contribution in [2.24, 2.45) is 0 Å². The minimum atomic E-state index is -0.669. The summed E-state index contributed by atoms with van der Waals surface area (Å²) in [6.45, 7) is 0.994. The molecule has 2 aromatic carbocycles. The molecule has 160 valence electrons. The van der Waals surface area contributed by atoms with E-state index in [1.165, 1.54) is 0 Å². The molecule has 1 N–H and O–H groups in total. The number of nitrogens with zero attached hydrogens (tertiary/aromatic N) is 1. The molecule has 1 aliphatic heterocycles. The van der Waals surface area contributed by atoms with E-state index in [9.17, 15) is 14.4 Å². The Labute approximate surface area is 181 Å². The maximum Gasteiger partial charge on any atom is 0.416 e. The van der Waals surface area contributed by atoms with Gasteiger partial charge in [-0.1, -0.05) is 60.7 Å². The lowest BCUT2D eigenvalue weighted by Gasteiger charge is -2.31. The van der Waals surface area contributed by atoms with Crippen LogP contribution in [0.5, 0.6) is 0 Å². The average molecular weight is 433 g/mol. The van der Waals surface area contributed by atoms with E-state index in [0.29, 0.717) is 6.54 Å². The SMILES string of the molecule is Cl.O=C(CC[C@@H]1NCCN(C(=O)OCc2ccccc2)C1=O)OCc1ccccc1. The minimum absolute atomic E-state index is 0.